The van der Waals surface area contributed by atoms with Gasteiger partial charge in [0.05, 0.1) is 18.3 Å². The Hall–Kier alpha value is -3.00. The van der Waals surface area contributed by atoms with E-state index in [-0.39, 0.29) is 18.7 Å². The van der Waals surface area contributed by atoms with Crippen molar-refractivity contribution < 1.29 is 19.0 Å². The Kier molecular flexibility index (Phi) is 6.99. The van der Waals surface area contributed by atoms with Crippen molar-refractivity contribution in [3.8, 4) is 11.5 Å². The number of hydrogen-bond donors (Lipinski definition) is 2. The lowest BCUT2D eigenvalue weighted by molar-refractivity contribution is 0.145. The van der Waals surface area contributed by atoms with E-state index in [9.17, 15) is 9.50 Å². The number of fused-ring (bicyclic) bond motifs is 1. The highest BCUT2D eigenvalue weighted by Gasteiger charge is 2.20. The van der Waals surface area contributed by atoms with Gasteiger partial charge in [0.2, 0.25) is 6.79 Å². The molecule has 4 rings (SSSR count). The van der Waals surface area contributed by atoms with Gasteiger partial charge in [0.1, 0.15) is 5.82 Å². The number of guanidine groups is 1. The molecule has 0 unspecified atom stereocenters. The van der Waals surface area contributed by atoms with Gasteiger partial charge in [-0.3, -0.25) is 0 Å². The number of anilines is 1. The Morgan fingerprint density at radius 3 is 2.66 bits per heavy atom. The molecular weight excluding hydrogens is 411 g/mol. The molecule has 0 radical (unpaired) electrons. The minimum absolute atomic E-state index is 0.243. The van der Waals surface area contributed by atoms with Crippen molar-refractivity contribution >= 4 is 11.6 Å². The fraction of sp³-hybridized carbons (Fsp3) is 0.458. The SMILES string of the molecule is CCNC(=NCc1ccc(N2CCC(O)CC2)c(F)c1)N(C)Cc1ccc2c(c1)OCO2. The average molecular weight is 443 g/mol. The zero-order valence-electron chi connectivity index (χ0n) is 18.7. The van der Waals surface area contributed by atoms with E-state index in [2.05, 4.69) is 5.32 Å². The maximum absolute atomic E-state index is 14.8. The number of ether oxygens (including phenoxy) is 2. The van der Waals surface area contributed by atoms with Gasteiger partial charge in [-0.15, -0.1) is 0 Å². The molecule has 2 N–H and O–H groups in total. The van der Waals surface area contributed by atoms with Crippen LogP contribution in [0.4, 0.5) is 10.1 Å². The Labute approximate surface area is 188 Å². The summed E-state index contributed by atoms with van der Waals surface area (Å²) >= 11 is 0. The second-order valence-electron chi connectivity index (χ2n) is 8.22. The molecule has 0 amide bonds. The van der Waals surface area contributed by atoms with Crippen LogP contribution in [0.25, 0.3) is 0 Å². The third kappa shape index (κ3) is 5.24. The maximum atomic E-state index is 14.8. The predicted molar refractivity (Wildman–Crippen MR) is 123 cm³/mol. The molecular formula is C24H31FN4O3. The fourth-order valence-electron chi connectivity index (χ4n) is 4.04. The van der Waals surface area contributed by atoms with Crippen molar-refractivity contribution in [3.63, 3.8) is 0 Å². The summed E-state index contributed by atoms with van der Waals surface area (Å²) < 4.78 is 25.6. The van der Waals surface area contributed by atoms with Crippen LogP contribution in [0.5, 0.6) is 11.5 Å². The maximum Gasteiger partial charge on any atom is 0.231 e. The molecule has 2 aliphatic rings. The molecule has 172 valence electrons. The summed E-state index contributed by atoms with van der Waals surface area (Å²) in [5.74, 6) is 2.03. The van der Waals surface area contributed by atoms with Crippen molar-refractivity contribution in [2.75, 3.05) is 38.4 Å². The normalized spacial score (nSPS) is 16.4. The first kappa shape index (κ1) is 22.2. The molecule has 8 heteroatoms. The van der Waals surface area contributed by atoms with E-state index in [4.69, 9.17) is 14.5 Å². The van der Waals surface area contributed by atoms with Crippen LogP contribution in [-0.4, -0.2) is 55.5 Å². The summed E-state index contributed by atoms with van der Waals surface area (Å²) in [6.45, 7) is 5.39. The highest BCUT2D eigenvalue weighted by molar-refractivity contribution is 5.79. The molecule has 0 aliphatic carbocycles. The van der Waals surface area contributed by atoms with Crippen molar-refractivity contribution in [1.82, 2.24) is 10.2 Å². The number of nitrogens with zero attached hydrogens (tertiary/aromatic N) is 3. The van der Waals surface area contributed by atoms with E-state index in [0.29, 0.717) is 44.7 Å². The van der Waals surface area contributed by atoms with E-state index in [1.54, 1.807) is 6.07 Å². The Morgan fingerprint density at radius 2 is 1.91 bits per heavy atom. The van der Waals surface area contributed by atoms with Crippen molar-refractivity contribution in [2.24, 2.45) is 4.99 Å². The molecule has 2 heterocycles. The fourth-order valence-corrected chi connectivity index (χ4v) is 4.04. The molecule has 1 fully saturated rings. The van der Waals surface area contributed by atoms with Crippen molar-refractivity contribution in [1.29, 1.82) is 0 Å². The van der Waals surface area contributed by atoms with E-state index >= 15 is 0 Å². The van der Waals surface area contributed by atoms with Crippen LogP contribution in [0, 0.1) is 5.82 Å². The van der Waals surface area contributed by atoms with Crippen LogP contribution in [0.1, 0.15) is 30.9 Å². The number of nitrogens with one attached hydrogen (secondary N) is 1. The molecule has 32 heavy (non-hydrogen) atoms. The van der Waals surface area contributed by atoms with Gasteiger partial charge < -0.3 is 29.7 Å². The summed E-state index contributed by atoms with van der Waals surface area (Å²) in [4.78, 5) is 8.74. The topological polar surface area (TPSA) is 69.6 Å². The zero-order valence-corrected chi connectivity index (χ0v) is 18.7. The number of hydrogen-bond acceptors (Lipinski definition) is 5. The Morgan fingerprint density at radius 1 is 1.16 bits per heavy atom. The molecule has 7 nitrogen and oxygen atoms in total. The second kappa shape index (κ2) is 10.1. The lowest BCUT2D eigenvalue weighted by atomic mass is 10.1. The van der Waals surface area contributed by atoms with Gasteiger partial charge in [0.15, 0.2) is 17.5 Å². The molecule has 2 aliphatic heterocycles. The summed E-state index contributed by atoms with van der Waals surface area (Å²) in [5.41, 5.74) is 2.50. The molecule has 2 aromatic rings. The number of rotatable bonds is 6. The number of aliphatic hydroxyl groups excluding tert-OH is 1. The highest BCUT2D eigenvalue weighted by Crippen LogP contribution is 2.32. The van der Waals surface area contributed by atoms with E-state index in [0.717, 1.165) is 35.1 Å². The molecule has 0 atom stereocenters. The van der Waals surface area contributed by atoms with E-state index < -0.39 is 0 Å². The van der Waals surface area contributed by atoms with E-state index in [1.165, 1.54) is 0 Å². The Balaban J connectivity index is 1.41. The quantitative estimate of drug-likeness (QED) is 0.529. The van der Waals surface area contributed by atoms with Crippen LogP contribution in [0.2, 0.25) is 0 Å². The highest BCUT2D eigenvalue weighted by atomic mass is 19.1. The number of halogens is 1. The minimum atomic E-state index is -0.276. The first-order chi connectivity index (χ1) is 15.5. The van der Waals surface area contributed by atoms with Crippen molar-refractivity contribution in [3.05, 3.63) is 53.3 Å². The first-order valence-electron chi connectivity index (χ1n) is 11.1. The predicted octanol–water partition coefficient (Wildman–Crippen LogP) is 3.11. The summed E-state index contributed by atoms with van der Waals surface area (Å²) in [6.07, 6.45) is 1.07. The van der Waals surface area contributed by atoms with Gasteiger partial charge in [-0.05, 0) is 55.2 Å². The summed E-state index contributed by atoms with van der Waals surface area (Å²) in [6, 6.07) is 11.2. The van der Waals surface area contributed by atoms with Crippen molar-refractivity contribution in [2.45, 2.75) is 39.0 Å². The van der Waals surface area contributed by atoms with Crippen LogP contribution in [-0.2, 0) is 13.1 Å². The zero-order chi connectivity index (χ0) is 22.5. The number of piperidine rings is 1. The van der Waals surface area contributed by atoms with Gasteiger partial charge in [-0.1, -0.05) is 12.1 Å². The standard InChI is InChI=1S/C24H31FN4O3/c1-3-26-24(28(2)15-18-5-7-22-23(13-18)32-16-31-22)27-14-17-4-6-21(20(25)12-17)29-10-8-19(30)9-11-29/h4-7,12-13,19,30H,3,8-11,14-16H2,1-2H3,(H,26,27). The first-order valence-corrected chi connectivity index (χ1v) is 11.1. The van der Waals surface area contributed by atoms with Gasteiger partial charge in [-0.25, -0.2) is 9.38 Å². The Bertz CT molecular complexity index is 960. The lowest BCUT2D eigenvalue weighted by Gasteiger charge is -2.31. The molecule has 0 spiro atoms. The molecule has 0 saturated carbocycles. The van der Waals surface area contributed by atoms with E-state index in [1.807, 2.05) is 54.1 Å². The third-order valence-corrected chi connectivity index (χ3v) is 5.78. The summed E-state index contributed by atoms with van der Waals surface area (Å²) in [7, 11) is 1.97. The van der Waals surface area contributed by atoms with Crippen LogP contribution in [0.3, 0.4) is 0 Å². The van der Waals surface area contributed by atoms with Gasteiger partial charge in [0, 0.05) is 33.2 Å². The summed E-state index contributed by atoms with van der Waals surface area (Å²) in [5, 5.41) is 13.0. The number of aliphatic hydroxyl groups is 1. The molecule has 2 aromatic carbocycles. The third-order valence-electron chi connectivity index (χ3n) is 5.78. The monoisotopic (exact) mass is 442 g/mol. The van der Waals surface area contributed by atoms with Gasteiger partial charge in [-0.2, -0.15) is 0 Å². The molecule has 0 bridgehead atoms. The smallest absolute Gasteiger partial charge is 0.231 e. The molecule has 1 saturated heterocycles. The van der Waals surface area contributed by atoms with Crippen LogP contribution in [0.15, 0.2) is 41.4 Å². The van der Waals surface area contributed by atoms with Gasteiger partial charge in [0.25, 0.3) is 0 Å². The minimum Gasteiger partial charge on any atom is -0.454 e. The number of aliphatic imine (C=N–C) groups is 1. The average Bonchev–Trinajstić information content (AvgIpc) is 3.25. The van der Waals surface area contributed by atoms with Crippen LogP contribution >= 0.6 is 0 Å². The largest absolute Gasteiger partial charge is 0.454 e. The number of benzene rings is 2. The van der Waals surface area contributed by atoms with Gasteiger partial charge >= 0.3 is 0 Å². The lowest BCUT2D eigenvalue weighted by Crippen LogP contribution is -2.38. The second-order valence-corrected chi connectivity index (χ2v) is 8.22. The van der Waals surface area contributed by atoms with Crippen LogP contribution < -0.4 is 19.7 Å². The molecule has 0 aromatic heterocycles.